The summed E-state index contributed by atoms with van der Waals surface area (Å²) < 4.78 is 42.5. The average Bonchev–Trinajstić information content (AvgIpc) is 2.64. The molecule has 0 atom stereocenters. The maximum absolute atomic E-state index is 14.5. The summed E-state index contributed by atoms with van der Waals surface area (Å²) in [6.07, 6.45) is 0.465. The number of halogens is 3. The summed E-state index contributed by atoms with van der Waals surface area (Å²) in [5, 5.41) is 16.2. The number of nitrogens with zero attached hydrogens (tertiary/aromatic N) is 1. The monoisotopic (exact) mass is 421 g/mol. The van der Waals surface area contributed by atoms with Crippen molar-refractivity contribution in [2.45, 2.75) is 38.8 Å². The molecule has 1 aliphatic rings. The number of carbonyl (C=O) groups excluding carboxylic acids is 1. The minimum Gasteiger partial charge on any atom is -0.386 e. The first-order chi connectivity index (χ1) is 14.1. The average molecular weight is 421 g/mol. The van der Waals surface area contributed by atoms with Crippen LogP contribution >= 0.6 is 0 Å². The fraction of sp³-hybridized carbons (Fsp3) is 0.409. The van der Waals surface area contributed by atoms with Crippen molar-refractivity contribution in [2.75, 3.05) is 25.0 Å². The van der Waals surface area contributed by atoms with Crippen LogP contribution in [0.25, 0.3) is 0 Å². The van der Waals surface area contributed by atoms with Gasteiger partial charge in [0.1, 0.15) is 11.4 Å². The molecule has 1 amide bonds. The van der Waals surface area contributed by atoms with Crippen molar-refractivity contribution >= 4 is 17.3 Å². The Bertz CT molecular complexity index is 943. The fourth-order valence-electron chi connectivity index (χ4n) is 3.44. The van der Waals surface area contributed by atoms with Crippen molar-refractivity contribution in [3.8, 4) is 0 Å². The van der Waals surface area contributed by atoms with Crippen LogP contribution in [-0.4, -0.2) is 47.2 Å². The predicted molar refractivity (Wildman–Crippen MR) is 109 cm³/mol. The lowest BCUT2D eigenvalue weighted by atomic mass is 9.89. The SMILES string of the molecule is Cc1ccc(Nc2c(C(=O)N3CC(O)(CCNC(C)C)C3)ccc(F)c2F)c(F)c1. The van der Waals surface area contributed by atoms with E-state index in [4.69, 9.17) is 0 Å². The summed E-state index contributed by atoms with van der Waals surface area (Å²) in [6, 6.07) is 6.56. The van der Waals surface area contributed by atoms with Gasteiger partial charge in [0.25, 0.3) is 5.91 Å². The first-order valence-corrected chi connectivity index (χ1v) is 9.86. The van der Waals surface area contributed by atoms with Crippen LogP contribution in [-0.2, 0) is 0 Å². The Morgan fingerprint density at radius 1 is 1.17 bits per heavy atom. The van der Waals surface area contributed by atoms with E-state index in [9.17, 15) is 23.1 Å². The molecule has 0 unspecified atom stereocenters. The van der Waals surface area contributed by atoms with Gasteiger partial charge in [-0.2, -0.15) is 0 Å². The van der Waals surface area contributed by atoms with Crippen molar-refractivity contribution in [3.63, 3.8) is 0 Å². The number of aryl methyl sites for hydroxylation is 1. The van der Waals surface area contributed by atoms with Crippen LogP contribution in [0.2, 0.25) is 0 Å². The molecule has 3 N–H and O–H groups in total. The van der Waals surface area contributed by atoms with Gasteiger partial charge in [-0.1, -0.05) is 19.9 Å². The molecule has 2 aromatic carbocycles. The number of benzene rings is 2. The normalized spacial score (nSPS) is 15.3. The Labute approximate surface area is 173 Å². The number of aliphatic hydroxyl groups is 1. The molecule has 1 fully saturated rings. The number of anilines is 2. The van der Waals surface area contributed by atoms with Crippen LogP contribution in [0.1, 0.15) is 36.2 Å². The van der Waals surface area contributed by atoms with Gasteiger partial charge in [0, 0.05) is 6.04 Å². The Balaban J connectivity index is 1.78. The predicted octanol–water partition coefficient (Wildman–Crippen LogP) is 3.73. The minimum atomic E-state index is -1.27. The molecule has 1 saturated heterocycles. The molecule has 2 aromatic rings. The summed E-state index contributed by atoms with van der Waals surface area (Å²) in [5.74, 6) is -3.63. The molecular weight excluding hydrogens is 395 g/mol. The molecule has 1 heterocycles. The number of likely N-dealkylation sites (tertiary alicyclic amines) is 1. The van der Waals surface area contributed by atoms with Crippen LogP contribution in [0.5, 0.6) is 0 Å². The molecule has 162 valence electrons. The molecular formula is C22H26F3N3O2. The van der Waals surface area contributed by atoms with E-state index in [1.54, 1.807) is 13.0 Å². The lowest BCUT2D eigenvalue weighted by molar-refractivity contribution is -0.0852. The van der Waals surface area contributed by atoms with Gasteiger partial charge in [-0.3, -0.25) is 4.79 Å². The van der Waals surface area contributed by atoms with Crippen LogP contribution in [0, 0.1) is 24.4 Å². The standard InChI is InChI=1S/C22H26F3N3O2/c1-13(2)26-9-8-22(30)11-28(12-22)21(29)15-5-6-16(23)19(25)20(15)27-18-7-4-14(3)10-17(18)24/h4-7,10,13,26-27,30H,8-9,11-12H2,1-3H3. The van der Waals surface area contributed by atoms with E-state index in [1.165, 1.54) is 17.0 Å². The summed E-state index contributed by atoms with van der Waals surface area (Å²) in [4.78, 5) is 14.2. The quantitative estimate of drug-likeness (QED) is 0.638. The largest absolute Gasteiger partial charge is 0.386 e. The van der Waals surface area contributed by atoms with Crippen LogP contribution in [0.4, 0.5) is 24.5 Å². The van der Waals surface area contributed by atoms with Crippen molar-refractivity contribution in [2.24, 2.45) is 0 Å². The maximum Gasteiger partial charge on any atom is 0.256 e. The Hall–Kier alpha value is -2.58. The van der Waals surface area contributed by atoms with Crippen LogP contribution < -0.4 is 10.6 Å². The molecule has 1 aliphatic heterocycles. The number of rotatable bonds is 7. The molecule has 30 heavy (non-hydrogen) atoms. The first-order valence-electron chi connectivity index (χ1n) is 9.86. The van der Waals surface area contributed by atoms with Gasteiger partial charge in [-0.25, -0.2) is 13.2 Å². The topological polar surface area (TPSA) is 64.6 Å². The molecule has 5 nitrogen and oxygen atoms in total. The third-order valence-corrected chi connectivity index (χ3v) is 5.11. The lowest BCUT2D eigenvalue weighted by Gasteiger charge is -2.46. The maximum atomic E-state index is 14.5. The smallest absolute Gasteiger partial charge is 0.256 e. The number of hydrogen-bond donors (Lipinski definition) is 3. The van der Waals surface area contributed by atoms with Crippen molar-refractivity contribution < 1.29 is 23.1 Å². The number of amides is 1. The molecule has 8 heteroatoms. The molecule has 0 aromatic heterocycles. The molecule has 0 aliphatic carbocycles. The molecule has 0 saturated carbocycles. The summed E-state index contributed by atoms with van der Waals surface area (Å²) in [6.45, 7) is 6.46. The first kappa shape index (κ1) is 22.1. The third-order valence-electron chi connectivity index (χ3n) is 5.11. The van der Waals surface area contributed by atoms with Gasteiger partial charge < -0.3 is 20.6 Å². The van der Waals surface area contributed by atoms with Crippen molar-refractivity contribution in [1.82, 2.24) is 10.2 Å². The van der Waals surface area contributed by atoms with E-state index in [0.717, 1.165) is 12.1 Å². The van der Waals surface area contributed by atoms with Crippen LogP contribution in [0.15, 0.2) is 30.3 Å². The highest BCUT2D eigenvalue weighted by Crippen LogP contribution is 2.32. The van der Waals surface area contributed by atoms with Crippen molar-refractivity contribution in [3.05, 3.63) is 58.9 Å². The van der Waals surface area contributed by atoms with Gasteiger partial charge in [0.2, 0.25) is 0 Å². The highest BCUT2D eigenvalue weighted by molar-refractivity contribution is 6.01. The van der Waals surface area contributed by atoms with Gasteiger partial charge in [-0.05, 0) is 49.7 Å². The second-order valence-electron chi connectivity index (χ2n) is 8.14. The van der Waals surface area contributed by atoms with Crippen LogP contribution in [0.3, 0.4) is 0 Å². The van der Waals surface area contributed by atoms with Gasteiger partial charge in [-0.15, -0.1) is 0 Å². The number of nitrogens with one attached hydrogen (secondary N) is 2. The van der Waals surface area contributed by atoms with Crippen molar-refractivity contribution in [1.29, 1.82) is 0 Å². The zero-order valence-electron chi connectivity index (χ0n) is 17.2. The minimum absolute atomic E-state index is 0.0703. The van der Waals surface area contributed by atoms with E-state index in [2.05, 4.69) is 10.6 Å². The van der Waals surface area contributed by atoms with Gasteiger partial charge in [0.15, 0.2) is 11.6 Å². The molecule has 0 bridgehead atoms. The van der Waals surface area contributed by atoms with Gasteiger partial charge in [0.05, 0.1) is 30.0 Å². The Morgan fingerprint density at radius 2 is 1.87 bits per heavy atom. The Morgan fingerprint density at radius 3 is 2.50 bits per heavy atom. The summed E-state index contributed by atoms with van der Waals surface area (Å²) >= 11 is 0. The highest BCUT2D eigenvalue weighted by atomic mass is 19.2. The second-order valence-corrected chi connectivity index (χ2v) is 8.14. The highest BCUT2D eigenvalue weighted by Gasteiger charge is 2.44. The van der Waals surface area contributed by atoms with Gasteiger partial charge >= 0.3 is 0 Å². The fourth-order valence-corrected chi connectivity index (χ4v) is 3.44. The zero-order valence-corrected chi connectivity index (χ0v) is 17.2. The summed E-state index contributed by atoms with van der Waals surface area (Å²) in [7, 11) is 0. The zero-order chi connectivity index (χ0) is 22.1. The Kier molecular flexibility index (Phi) is 6.38. The lowest BCUT2D eigenvalue weighted by Crippen LogP contribution is -2.64. The molecule has 3 rings (SSSR count). The van der Waals surface area contributed by atoms with E-state index in [0.29, 0.717) is 18.5 Å². The van der Waals surface area contributed by atoms with E-state index in [1.807, 2.05) is 13.8 Å². The van der Waals surface area contributed by atoms with E-state index in [-0.39, 0.29) is 30.4 Å². The number of carbonyl (C=O) groups is 1. The third kappa shape index (κ3) is 4.76. The number of β-amino-alcohol motifs (C(OH)–C–C–N with tert-alkyl or cyclic N) is 1. The second kappa shape index (κ2) is 8.65. The summed E-state index contributed by atoms with van der Waals surface area (Å²) in [5.41, 5.74) is -0.983. The molecule has 0 spiro atoms. The van der Waals surface area contributed by atoms with E-state index < -0.39 is 34.6 Å². The number of hydrogen-bond acceptors (Lipinski definition) is 4. The van der Waals surface area contributed by atoms with E-state index >= 15 is 0 Å². The molecule has 0 radical (unpaired) electrons.